The van der Waals surface area contributed by atoms with Crippen LogP contribution >= 0.6 is 23.2 Å². The molecule has 1 heterocycles. The van der Waals surface area contributed by atoms with Gasteiger partial charge >= 0.3 is 0 Å². The van der Waals surface area contributed by atoms with Gasteiger partial charge in [0.15, 0.2) is 0 Å². The van der Waals surface area contributed by atoms with E-state index in [4.69, 9.17) is 33.1 Å². The molecule has 2 aromatic rings. The van der Waals surface area contributed by atoms with Crippen LogP contribution in [0.4, 0.5) is 0 Å². The van der Waals surface area contributed by atoms with Gasteiger partial charge in [0.2, 0.25) is 15.9 Å². The molecule has 1 aromatic heterocycles. The van der Waals surface area contributed by atoms with Crippen LogP contribution in [0.15, 0.2) is 41.4 Å². The third-order valence-electron chi connectivity index (χ3n) is 2.15. The first kappa shape index (κ1) is 14.1. The lowest BCUT2D eigenvalue weighted by Gasteiger charge is -2.06. The summed E-state index contributed by atoms with van der Waals surface area (Å²) in [7, 11) is -3.76. The number of nitrogens with two attached hydrogens (primary N) is 1. The van der Waals surface area contributed by atoms with Crippen LogP contribution in [0.1, 0.15) is 0 Å². The molecule has 2 N–H and O–H groups in total. The summed E-state index contributed by atoms with van der Waals surface area (Å²) >= 11 is 11.6. The van der Waals surface area contributed by atoms with Crippen LogP contribution in [0.2, 0.25) is 10.0 Å². The number of rotatable bonds is 3. The van der Waals surface area contributed by atoms with E-state index in [-0.39, 0.29) is 10.8 Å². The first-order valence-electron chi connectivity index (χ1n) is 4.98. The SMILES string of the molecule is NS(=O)(=O)c1ccc(Oc2ccc(Cl)c(Cl)c2)nc1. The van der Waals surface area contributed by atoms with Gasteiger partial charge in [-0.1, -0.05) is 23.2 Å². The largest absolute Gasteiger partial charge is 0.439 e. The molecule has 2 rings (SSSR count). The fraction of sp³-hybridized carbons (Fsp3) is 0. The Morgan fingerprint density at radius 2 is 1.84 bits per heavy atom. The number of primary sulfonamides is 1. The number of halogens is 2. The van der Waals surface area contributed by atoms with Gasteiger partial charge in [0.05, 0.1) is 16.2 Å². The Morgan fingerprint density at radius 3 is 2.37 bits per heavy atom. The molecule has 5 nitrogen and oxygen atoms in total. The molecule has 0 radical (unpaired) electrons. The third-order valence-corrected chi connectivity index (χ3v) is 3.79. The number of aromatic nitrogens is 1. The molecule has 0 amide bonds. The highest BCUT2D eigenvalue weighted by atomic mass is 35.5. The quantitative estimate of drug-likeness (QED) is 0.943. The fourth-order valence-corrected chi connectivity index (χ4v) is 2.00. The van der Waals surface area contributed by atoms with E-state index in [2.05, 4.69) is 4.98 Å². The second-order valence-corrected chi connectivity index (χ2v) is 5.93. The molecule has 0 bridgehead atoms. The van der Waals surface area contributed by atoms with Crippen molar-refractivity contribution >= 4 is 33.2 Å². The molecule has 8 heteroatoms. The minimum absolute atomic E-state index is 0.0889. The molecule has 0 aliphatic carbocycles. The highest BCUT2D eigenvalue weighted by Gasteiger charge is 2.09. The van der Waals surface area contributed by atoms with Crippen LogP contribution < -0.4 is 9.88 Å². The van der Waals surface area contributed by atoms with Gasteiger partial charge in [-0.15, -0.1) is 0 Å². The third kappa shape index (κ3) is 3.57. The monoisotopic (exact) mass is 318 g/mol. The van der Waals surface area contributed by atoms with Crippen molar-refractivity contribution in [1.82, 2.24) is 4.98 Å². The van der Waals surface area contributed by atoms with E-state index in [0.29, 0.717) is 15.8 Å². The average molecular weight is 319 g/mol. The van der Waals surface area contributed by atoms with Crippen LogP contribution in [0, 0.1) is 0 Å². The van der Waals surface area contributed by atoms with Crippen molar-refractivity contribution in [1.29, 1.82) is 0 Å². The lowest BCUT2D eigenvalue weighted by molar-refractivity contribution is 0.462. The lowest BCUT2D eigenvalue weighted by Crippen LogP contribution is -2.12. The average Bonchev–Trinajstić information content (AvgIpc) is 2.33. The van der Waals surface area contributed by atoms with Crippen molar-refractivity contribution in [3.8, 4) is 11.6 Å². The summed E-state index contributed by atoms with van der Waals surface area (Å²) in [5.41, 5.74) is 0. The Balaban J connectivity index is 2.22. The zero-order chi connectivity index (χ0) is 14.0. The maximum absolute atomic E-state index is 11.0. The van der Waals surface area contributed by atoms with Crippen molar-refractivity contribution in [3.05, 3.63) is 46.6 Å². The fourth-order valence-electron chi connectivity index (χ4n) is 1.26. The zero-order valence-electron chi connectivity index (χ0n) is 9.38. The smallest absolute Gasteiger partial charge is 0.239 e. The van der Waals surface area contributed by atoms with Gasteiger partial charge in [-0.25, -0.2) is 18.5 Å². The summed E-state index contributed by atoms with van der Waals surface area (Å²) in [5, 5.41) is 5.71. The van der Waals surface area contributed by atoms with E-state index in [1.165, 1.54) is 18.2 Å². The topological polar surface area (TPSA) is 82.3 Å². The Kier molecular flexibility index (Phi) is 3.96. The molecule has 0 unspecified atom stereocenters. The van der Waals surface area contributed by atoms with E-state index in [1.54, 1.807) is 12.1 Å². The second-order valence-electron chi connectivity index (χ2n) is 3.56. The number of sulfonamides is 1. The van der Waals surface area contributed by atoms with Gasteiger partial charge in [0.25, 0.3) is 0 Å². The maximum Gasteiger partial charge on any atom is 0.239 e. The van der Waals surface area contributed by atoms with Crippen molar-refractivity contribution < 1.29 is 13.2 Å². The number of ether oxygens (including phenoxy) is 1. The van der Waals surface area contributed by atoms with Crippen LogP contribution in [0.25, 0.3) is 0 Å². The van der Waals surface area contributed by atoms with E-state index in [0.717, 1.165) is 6.20 Å². The molecular weight excluding hydrogens is 311 g/mol. The van der Waals surface area contributed by atoms with Gasteiger partial charge in [0, 0.05) is 12.1 Å². The molecule has 0 aliphatic heterocycles. The van der Waals surface area contributed by atoms with E-state index in [9.17, 15) is 8.42 Å². The Hall–Kier alpha value is -1.34. The van der Waals surface area contributed by atoms with Crippen LogP contribution in [0.3, 0.4) is 0 Å². The summed E-state index contributed by atoms with van der Waals surface area (Å²) in [6, 6.07) is 7.41. The van der Waals surface area contributed by atoms with Crippen molar-refractivity contribution in [2.24, 2.45) is 5.14 Å². The van der Waals surface area contributed by atoms with Gasteiger partial charge in [-0.3, -0.25) is 0 Å². The number of pyridine rings is 1. The number of hydrogen-bond donors (Lipinski definition) is 1. The Morgan fingerprint density at radius 1 is 1.11 bits per heavy atom. The standard InChI is InChI=1S/C11H8Cl2N2O3S/c12-9-3-1-7(5-10(9)13)18-11-4-2-8(6-15-11)19(14,16)17/h1-6H,(H2,14,16,17). The summed E-state index contributed by atoms with van der Waals surface area (Å²) in [5.74, 6) is 0.649. The molecule has 0 fully saturated rings. The highest BCUT2D eigenvalue weighted by molar-refractivity contribution is 7.89. The van der Waals surface area contributed by atoms with E-state index < -0.39 is 10.0 Å². The molecule has 1 aromatic carbocycles. The Labute approximate surface area is 120 Å². The molecule has 0 aliphatic rings. The lowest BCUT2D eigenvalue weighted by atomic mass is 10.3. The van der Waals surface area contributed by atoms with Crippen LogP contribution in [0.5, 0.6) is 11.6 Å². The van der Waals surface area contributed by atoms with E-state index >= 15 is 0 Å². The van der Waals surface area contributed by atoms with E-state index in [1.807, 2.05) is 0 Å². The molecule has 0 saturated heterocycles. The second kappa shape index (κ2) is 5.34. The minimum Gasteiger partial charge on any atom is -0.439 e. The van der Waals surface area contributed by atoms with Crippen molar-refractivity contribution in [3.63, 3.8) is 0 Å². The van der Waals surface area contributed by atoms with Gasteiger partial charge in [0.1, 0.15) is 10.6 Å². The molecular formula is C11H8Cl2N2O3S. The van der Waals surface area contributed by atoms with Gasteiger partial charge < -0.3 is 4.74 Å². The first-order chi connectivity index (χ1) is 8.86. The summed E-state index contributed by atoms with van der Waals surface area (Å²) in [6.07, 6.45) is 1.11. The van der Waals surface area contributed by atoms with Crippen molar-refractivity contribution in [2.45, 2.75) is 4.90 Å². The molecule has 0 saturated carbocycles. The van der Waals surface area contributed by atoms with Crippen LogP contribution in [-0.4, -0.2) is 13.4 Å². The van der Waals surface area contributed by atoms with Gasteiger partial charge in [-0.05, 0) is 18.2 Å². The number of nitrogens with zero attached hydrogens (tertiary/aromatic N) is 1. The summed E-state index contributed by atoms with van der Waals surface area (Å²) < 4.78 is 27.5. The summed E-state index contributed by atoms with van der Waals surface area (Å²) in [4.78, 5) is 3.75. The normalized spacial score (nSPS) is 11.3. The molecule has 100 valence electrons. The molecule has 19 heavy (non-hydrogen) atoms. The molecule has 0 atom stereocenters. The molecule has 0 spiro atoms. The van der Waals surface area contributed by atoms with Crippen LogP contribution in [-0.2, 0) is 10.0 Å². The zero-order valence-corrected chi connectivity index (χ0v) is 11.7. The van der Waals surface area contributed by atoms with Gasteiger partial charge in [-0.2, -0.15) is 0 Å². The number of benzene rings is 1. The predicted octanol–water partition coefficient (Wildman–Crippen LogP) is 2.83. The minimum atomic E-state index is -3.76. The predicted molar refractivity (Wildman–Crippen MR) is 72.1 cm³/mol. The first-order valence-corrected chi connectivity index (χ1v) is 7.28. The number of hydrogen-bond acceptors (Lipinski definition) is 4. The highest BCUT2D eigenvalue weighted by Crippen LogP contribution is 2.28. The summed E-state index contributed by atoms with van der Waals surface area (Å²) in [6.45, 7) is 0. The van der Waals surface area contributed by atoms with Crippen molar-refractivity contribution in [2.75, 3.05) is 0 Å². The maximum atomic E-state index is 11.0. The Bertz CT molecular complexity index is 702.